The van der Waals surface area contributed by atoms with Gasteiger partial charge in [0, 0.05) is 11.3 Å². The van der Waals surface area contributed by atoms with Crippen LogP contribution in [-0.4, -0.2) is 0 Å². The van der Waals surface area contributed by atoms with Crippen molar-refractivity contribution in [3.8, 4) is 12.3 Å². The molecular formula is C15H10F3N. The molecule has 0 bridgehead atoms. The maximum Gasteiger partial charge on any atom is 0.416 e. The van der Waals surface area contributed by atoms with E-state index in [9.17, 15) is 13.2 Å². The average molecular weight is 261 g/mol. The van der Waals surface area contributed by atoms with Crippen molar-refractivity contribution in [3.05, 3.63) is 59.7 Å². The molecule has 0 radical (unpaired) electrons. The molecule has 0 atom stereocenters. The van der Waals surface area contributed by atoms with Crippen LogP contribution in [0.15, 0.2) is 48.5 Å². The molecule has 0 spiro atoms. The molecule has 96 valence electrons. The Kier molecular flexibility index (Phi) is 3.48. The van der Waals surface area contributed by atoms with Gasteiger partial charge in [0.1, 0.15) is 0 Å². The van der Waals surface area contributed by atoms with Crippen LogP contribution in [0.25, 0.3) is 0 Å². The highest BCUT2D eigenvalue weighted by atomic mass is 19.4. The van der Waals surface area contributed by atoms with Gasteiger partial charge in [0.25, 0.3) is 0 Å². The summed E-state index contributed by atoms with van der Waals surface area (Å²) >= 11 is 0. The fourth-order valence-electron chi connectivity index (χ4n) is 1.62. The molecule has 2 aromatic carbocycles. The minimum atomic E-state index is -4.32. The topological polar surface area (TPSA) is 12.0 Å². The molecule has 19 heavy (non-hydrogen) atoms. The number of rotatable bonds is 2. The van der Waals surface area contributed by atoms with Gasteiger partial charge >= 0.3 is 6.18 Å². The van der Waals surface area contributed by atoms with Gasteiger partial charge in [0.15, 0.2) is 0 Å². The number of halogens is 3. The van der Waals surface area contributed by atoms with E-state index in [1.165, 1.54) is 12.1 Å². The van der Waals surface area contributed by atoms with Gasteiger partial charge in [-0.1, -0.05) is 18.1 Å². The van der Waals surface area contributed by atoms with E-state index in [0.717, 1.165) is 12.1 Å². The average Bonchev–Trinajstić information content (AvgIpc) is 2.39. The summed E-state index contributed by atoms with van der Waals surface area (Å²) in [4.78, 5) is 0. The Morgan fingerprint density at radius 3 is 2.16 bits per heavy atom. The first-order valence-electron chi connectivity index (χ1n) is 5.50. The molecule has 4 heteroatoms. The fourth-order valence-corrected chi connectivity index (χ4v) is 1.62. The highest BCUT2D eigenvalue weighted by Gasteiger charge is 2.29. The molecule has 0 saturated carbocycles. The maximum absolute atomic E-state index is 12.4. The molecule has 0 aliphatic rings. The van der Waals surface area contributed by atoms with Crippen LogP contribution in [0.5, 0.6) is 0 Å². The Balaban J connectivity index is 2.23. The Labute approximate surface area is 109 Å². The number of hydrogen-bond donors (Lipinski definition) is 1. The zero-order chi connectivity index (χ0) is 13.9. The smallest absolute Gasteiger partial charge is 0.355 e. The van der Waals surface area contributed by atoms with Gasteiger partial charge in [-0.25, -0.2) is 0 Å². The van der Waals surface area contributed by atoms with E-state index >= 15 is 0 Å². The quantitative estimate of drug-likeness (QED) is 0.788. The third-order valence-corrected chi connectivity index (χ3v) is 2.57. The second kappa shape index (κ2) is 5.07. The summed E-state index contributed by atoms with van der Waals surface area (Å²) in [7, 11) is 0. The largest absolute Gasteiger partial charge is 0.416 e. The second-order valence-corrected chi connectivity index (χ2v) is 3.89. The van der Waals surface area contributed by atoms with E-state index in [2.05, 4.69) is 11.2 Å². The summed E-state index contributed by atoms with van der Waals surface area (Å²) < 4.78 is 37.3. The van der Waals surface area contributed by atoms with Crippen molar-refractivity contribution in [2.75, 3.05) is 5.32 Å². The van der Waals surface area contributed by atoms with Gasteiger partial charge < -0.3 is 5.32 Å². The monoisotopic (exact) mass is 261 g/mol. The molecule has 0 unspecified atom stereocenters. The van der Waals surface area contributed by atoms with Crippen LogP contribution in [0, 0.1) is 12.3 Å². The molecular weight excluding hydrogens is 251 g/mol. The van der Waals surface area contributed by atoms with E-state index in [1.807, 2.05) is 0 Å². The first-order chi connectivity index (χ1) is 9.00. The maximum atomic E-state index is 12.4. The lowest BCUT2D eigenvalue weighted by Crippen LogP contribution is -2.04. The zero-order valence-corrected chi connectivity index (χ0v) is 9.83. The summed E-state index contributed by atoms with van der Waals surface area (Å²) in [5, 5.41) is 2.99. The first-order valence-corrected chi connectivity index (χ1v) is 5.50. The fraction of sp³-hybridized carbons (Fsp3) is 0.0667. The molecule has 2 rings (SSSR count). The van der Waals surface area contributed by atoms with Crippen LogP contribution in [0.3, 0.4) is 0 Å². The van der Waals surface area contributed by atoms with Gasteiger partial charge in [0.05, 0.1) is 11.3 Å². The Morgan fingerprint density at radius 1 is 0.947 bits per heavy atom. The summed E-state index contributed by atoms with van der Waals surface area (Å²) in [6.45, 7) is 0. The van der Waals surface area contributed by atoms with Crippen molar-refractivity contribution in [2.45, 2.75) is 6.18 Å². The number of hydrogen-bond acceptors (Lipinski definition) is 1. The predicted molar refractivity (Wildman–Crippen MR) is 69.1 cm³/mol. The summed E-state index contributed by atoms with van der Waals surface area (Å²) in [6.07, 6.45) is 1.02. The molecule has 0 aromatic heterocycles. The van der Waals surface area contributed by atoms with E-state index in [1.54, 1.807) is 24.3 Å². The molecule has 0 aliphatic heterocycles. The van der Waals surface area contributed by atoms with Crippen molar-refractivity contribution in [2.24, 2.45) is 0 Å². The van der Waals surface area contributed by atoms with Crippen LogP contribution >= 0.6 is 0 Å². The summed E-state index contributed by atoms with van der Waals surface area (Å²) in [6, 6.07) is 11.9. The summed E-state index contributed by atoms with van der Waals surface area (Å²) in [5.74, 6) is 2.51. The van der Waals surface area contributed by atoms with Gasteiger partial charge in [-0.05, 0) is 36.4 Å². The Morgan fingerprint density at radius 2 is 1.58 bits per heavy atom. The lowest BCUT2D eigenvalue weighted by atomic mass is 10.1. The SMILES string of the molecule is C#Cc1ccccc1Nc1ccc(C(F)(F)F)cc1. The molecule has 0 aliphatic carbocycles. The standard InChI is InChI=1S/C15H10F3N/c1-2-11-5-3-4-6-14(11)19-13-9-7-12(8-10-13)15(16,17)18/h1,3-10,19H. The number of anilines is 2. The van der Waals surface area contributed by atoms with Gasteiger partial charge in [-0.15, -0.1) is 6.42 Å². The Hall–Kier alpha value is -2.41. The van der Waals surface area contributed by atoms with Crippen molar-refractivity contribution >= 4 is 11.4 Å². The molecule has 2 aromatic rings. The van der Waals surface area contributed by atoms with Crippen LogP contribution < -0.4 is 5.32 Å². The van der Waals surface area contributed by atoms with Crippen molar-refractivity contribution in [1.82, 2.24) is 0 Å². The van der Waals surface area contributed by atoms with E-state index in [4.69, 9.17) is 6.42 Å². The number of terminal acetylenes is 1. The van der Waals surface area contributed by atoms with Crippen LogP contribution in [-0.2, 0) is 6.18 Å². The minimum Gasteiger partial charge on any atom is -0.355 e. The highest BCUT2D eigenvalue weighted by Crippen LogP contribution is 2.30. The zero-order valence-electron chi connectivity index (χ0n) is 9.83. The van der Waals surface area contributed by atoms with Crippen molar-refractivity contribution in [3.63, 3.8) is 0 Å². The van der Waals surface area contributed by atoms with Crippen LogP contribution in [0.4, 0.5) is 24.5 Å². The predicted octanol–water partition coefficient (Wildman–Crippen LogP) is 4.43. The van der Waals surface area contributed by atoms with Gasteiger partial charge in [0.2, 0.25) is 0 Å². The lowest BCUT2D eigenvalue weighted by Gasteiger charge is -2.10. The van der Waals surface area contributed by atoms with Gasteiger partial charge in [-0.2, -0.15) is 13.2 Å². The molecule has 1 N–H and O–H groups in total. The minimum absolute atomic E-state index is 0.552. The number of para-hydroxylation sites is 1. The molecule has 0 heterocycles. The number of alkyl halides is 3. The third kappa shape index (κ3) is 3.08. The van der Waals surface area contributed by atoms with Crippen LogP contribution in [0.2, 0.25) is 0 Å². The van der Waals surface area contributed by atoms with E-state index in [0.29, 0.717) is 16.9 Å². The lowest BCUT2D eigenvalue weighted by molar-refractivity contribution is -0.137. The highest BCUT2D eigenvalue weighted by molar-refractivity contribution is 5.67. The van der Waals surface area contributed by atoms with E-state index in [-0.39, 0.29) is 0 Å². The third-order valence-electron chi connectivity index (χ3n) is 2.57. The molecule has 0 saturated heterocycles. The second-order valence-electron chi connectivity index (χ2n) is 3.89. The van der Waals surface area contributed by atoms with Crippen molar-refractivity contribution < 1.29 is 13.2 Å². The normalized spacial score (nSPS) is 10.8. The van der Waals surface area contributed by atoms with E-state index < -0.39 is 11.7 Å². The van der Waals surface area contributed by atoms with Crippen molar-refractivity contribution in [1.29, 1.82) is 0 Å². The number of benzene rings is 2. The molecule has 0 amide bonds. The first kappa shape index (κ1) is 13.0. The van der Waals surface area contributed by atoms with Gasteiger partial charge in [-0.3, -0.25) is 0 Å². The summed E-state index contributed by atoms with van der Waals surface area (Å²) in [5.41, 5.74) is 1.21. The van der Waals surface area contributed by atoms with Crippen LogP contribution in [0.1, 0.15) is 11.1 Å². The Bertz CT molecular complexity index is 607. The molecule has 0 fully saturated rings. The molecule has 1 nitrogen and oxygen atoms in total. The number of nitrogens with one attached hydrogen (secondary N) is 1.